The maximum absolute atomic E-state index is 12.7. The van der Waals surface area contributed by atoms with E-state index in [-0.39, 0.29) is 11.6 Å². The molecule has 0 unspecified atom stereocenters. The highest BCUT2D eigenvalue weighted by Crippen LogP contribution is 2.28. The Labute approximate surface area is 120 Å². The zero-order valence-electron chi connectivity index (χ0n) is 12.1. The number of hydrogen-bond donors (Lipinski definition) is 1. The van der Waals surface area contributed by atoms with Gasteiger partial charge in [-0.15, -0.1) is 0 Å². The van der Waals surface area contributed by atoms with E-state index in [2.05, 4.69) is 5.10 Å². The van der Waals surface area contributed by atoms with Crippen LogP contribution in [0.4, 0.5) is 0 Å². The van der Waals surface area contributed by atoms with Gasteiger partial charge in [0.05, 0.1) is 11.8 Å². The van der Waals surface area contributed by atoms with E-state index in [1.54, 1.807) is 0 Å². The number of aliphatic hydroxyl groups is 1. The van der Waals surface area contributed by atoms with Gasteiger partial charge in [0.15, 0.2) is 5.03 Å². The maximum Gasteiger partial charge on any atom is 0.260 e. The van der Waals surface area contributed by atoms with Crippen LogP contribution < -0.4 is 0 Å². The number of aromatic nitrogens is 2. The summed E-state index contributed by atoms with van der Waals surface area (Å²) in [4.78, 5) is 0. The Morgan fingerprint density at radius 2 is 2.20 bits per heavy atom. The van der Waals surface area contributed by atoms with Crippen molar-refractivity contribution in [2.75, 3.05) is 13.1 Å². The molecule has 0 saturated carbocycles. The molecule has 0 radical (unpaired) electrons. The summed E-state index contributed by atoms with van der Waals surface area (Å²) in [5.41, 5.74) is -0.902. The largest absolute Gasteiger partial charge is 0.389 e. The van der Waals surface area contributed by atoms with Gasteiger partial charge in [0.25, 0.3) is 10.0 Å². The summed E-state index contributed by atoms with van der Waals surface area (Å²) in [5.74, 6) is 0. The minimum absolute atomic E-state index is 0.170. The monoisotopic (exact) mass is 301 g/mol. The smallest absolute Gasteiger partial charge is 0.260 e. The Bertz CT molecular complexity index is 555. The van der Waals surface area contributed by atoms with Crippen LogP contribution in [0.1, 0.15) is 39.5 Å². The maximum atomic E-state index is 12.7. The van der Waals surface area contributed by atoms with E-state index in [9.17, 15) is 13.5 Å². The molecular formula is C13H23N3O3S. The van der Waals surface area contributed by atoms with Gasteiger partial charge < -0.3 is 5.11 Å². The van der Waals surface area contributed by atoms with Crippen molar-refractivity contribution in [3.05, 3.63) is 12.3 Å². The molecule has 1 aromatic rings. The van der Waals surface area contributed by atoms with Crippen LogP contribution in [0.5, 0.6) is 0 Å². The van der Waals surface area contributed by atoms with Crippen LogP contribution in [0, 0.1) is 0 Å². The molecule has 2 rings (SSSR count). The van der Waals surface area contributed by atoms with E-state index in [0.29, 0.717) is 32.4 Å². The average molecular weight is 301 g/mol. The first-order valence-corrected chi connectivity index (χ1v) is 8.61. The molecule has 114 valence electrons. The second kappa shape index (κ2) is 5.83. The summed E-state index contributed by atoms with van der Waals surface area (Å²) < 4.78 is 28.3. The average Bonchev–Trinajstić information content (AvgIpc) is 2.88. The van der Waals surface area contributed by atoms with E-state index in [1.807, 2.05) is 13.8 Å². The second-order valence-corrected chi connectivity index (χ2v) is 7.30. The Hall–Kier alpha value is -0.920. The SMILES string of the molecule is CCCn1nccc1S(=O)(=O)N1CCC[C@](O)(CC)C1. The first-order valence-electron chi connectivity index (χ1n) is 7.17. The summed E-state index contributed by atoms with van der Waals surface area (Å²) in [6.45, 7) is 5.07. The van der Waals surface area contributed by atoms with Crippen LogP contribution in [0.3, 0.4) is 0 Å². The summed E-state index contributed by atoms with van der Waals surface area (Å²) in [5, 5.41) is 14.6. The summed E-state index contributed by atoms with van der Waals surface area (Å²) >= 11 is 0. The van der Waals surface area contributed by atoms with Gasteiger partial charge in [0, 0.05) is 19.6 Å². The number of hydrogen-bond acceptors (Lipinski definition) is 4. The van der Waals surface area contributed by atoms with Crippen molar-refractivity contribution in [1.29, 1.82) is 0 Å². The summed E-state index contributed by atoms with van der Waals surface area (Å²) in [6.07, 6.45) is 4.24. The van der Waals surface area contributed by atoms with Gasteiger partial charge in [-0.2, -0.15) is 9.40 Å². The highest BCUT2D eigenvalue weighted by molar-refractivity contribution is 7.89. The first-order chi connectivity index (χ1) is 9.43. The highest BCUT2D eigenvalue weighted by Gasteiger charge is 2.38. The van der Waals surface area contributed by atoms with Gasteiger partial charge in [-0.1, -0.05) is 13.8 Å². The predicted octanol–water partition coefficient (Wildman–Crippen LogP) is 1.22. The molecule has 1 N–H and O–H groups in total. The lowest BCUT2D eigenvalue weighted by Gasteiger charge is -2.37. The standard InChI is InChI=1S/C13H23N3O3S/c1-3-9-16-12(6-8-14-16)20(18,19)15-10-5-7-13(17,4-2)11-15/h6,8,17H,3-5,7,9-11H2,1-2H3/t13-/m1/s1. The first kappa shape index (κ1) is 15.5. The normalized spacial score (nSPS) is 24.9. The van der Waals surface area contributed by atoms with Crippen molar-refractivity contribution in [2.45, 2.75) is 56.7 Å². The highest BCUT2D eigenvalue weighted by atomic mass is 32.2. The van der Waals surface area contributed by atoms with Gasteiger partial charge in [-0.25, -0.2) is 8.42 Å². The fourth-order valence-corrected chi connectivity index (χ4v) is 4.30. The molecule has 1 aliphatic rings. The topological polar surface area (TPSA) is 75.4 Å². The van der Waals surface area contributed by atoms with Crippen LogP contribution in [0.15, 0.2) is 17.3 Å². The lowest BCUT2D eigenvalue weighted by Crippen LogP contribution is -2.50. The molecule has 0 spiro atoms. The Balaban J connectivity index is 2.28. The van der Waals surface area contributed by atoms with Crippen molar-refractivity contribution in [1.82, 2.24) is 14.1 Å². The van der Waals surface area contributed by atoms with Gasteiger partial charge in [0.1, 0.15) is 0 Å². The molecule has 1 fully saturated rings. The molecule has 1 aliphatic heterocycles. The molecule has 6 nitrogen and oxygen atoms in total. The van der Waals surface area contributed by atoms with Crippen LogP contribution in [0.25, 0.3) is 0 Å². The van der Waals surface area contributed by atoms with Gasteiger partial charge in [-0.3, -0.25) is 4.68 Å². The molecule has 7 heteroatoms. The summed E-state index contributed by atoms with van der Waals surface area (Å²) in [6, 6.07) is 1.53. The fourth-order valence-electron chi connectivity index (χ4n) is 2.62. The van der Waals surface area contributed by atoms with Crippen LogP contribution in [0.2, 0.25) is 0 Å². The van der Waals surface area contributed by atoms with E-state index in [1.165, 1.54) is 21.3 Å². The number of β-amino-alcohol motifs (C(OH)–C–C–N with tert-alkyl or cyclic N) is 1. The molecule has 0 aliphatic carbocycles. The van der Waals surface area contributed by atoms with Crippen molar-refractivity contribution in [2.24, 2.45) is 0 Å². The van der Waals surface area contributed by atoms with Crippen LogP contribution >= 0.6 is 0 Å². The third-order valence-electron chi connectivity index (χ3n) is 3.90. The van der Waals surface area contributed by atoms with Crippen molar-refractivity contribution >= 4 is 10.0 Å². The van der Waals surface area contributed by atoms with Crippen molar-refractivity contribution in [3.63, 3.8) is 0 Å². The number of aryl methyl sites for hydroxylation is 1. The number of piperidine rings is 1. The second-order valence-electron chi connectivity index (χ2n) is 5.41. The molecule has 1 saturated heterocycles. The molecule has 1 aromatic heterocycles. The van der Waals surface area contributed by atoms with Gasteiger partial charge in [-0.05, 0) is 31.7 Å². The molecule has 0 aromatic carbocycles. The zero-order chi connectivity index (χ0) is 14.8. The lowest BCUT2D eigenvalue weighted by molar-refractivity contribution is -0.0108. The Morgan fingerprint density at radius 1 is 1.45 bits per heavy atom. The van der Waals surface area contributed by atoms with Gasteiger partial charge >= 0.3 is 0 Å². The fraction of sp³-hybridized carbons (Fsp3) is 0.769. The van der Waals surface area contributed by atoms with E-state index in [0.717, 1.165) is 6.42 Å². The third-order valence-corrected chi connectivity index (χ3v) is 5.76. The molecular weight excluding hydrogens is 278 g/mol. The van der Waals surface area contributed by atoms with Crippen LogP contribution in [-0.4, -0.2) is 46.3 Å². The minimum atomic E-state index is -3.58. The molecule has 20 heavy (non-hydrogen) atoms. The lowest BCUT2D eigenvalue weighted by atomic mass is 9.92. The Morgan fingerprint density at radius 3 is 2.85 bits per heavy atom. The molecule has 2 heterocycles. The van der Waals surface area contributed by atoms with E-state index < -0.39 is 15.6 Å². The van der Waals surface area contributed by atoms with Crippen molar-refractivity contribution in [3.8, 4) is 0 Å². The molecule has 0 amide bonds. The molecule has 1 atom stereocenters. The van der Waals surface area contributed by atoms with E-state index in [4.69, 9.17) is 0 Å². The Kier molecular flexibility index (Phi) is 4.51. The molecule has 0 bridgehead atoms. The summed E-state index contributed by atoms with van der Waals surface area (Å²) in [7, 11) is -3.58. The quantitative estimate of drug-likeness (QED) is 0.887. The number of nitrogens with zero attached hydrogens (tertiary/aromatic N) is 3. The van der Waals surface area contributed by atoms with Crippen LogP contribution in [-0.2, 0) is 16.6 Å². The van der Waals surface area contributed by atoms with E-state index >= 15 is 0 Å². The van der Waals surface area contributed by atoms with Gasteiger partial charge in [0.2, 0.25) is 0 Å². The number of sulfonamides is 1. The van der Waals surface area contributed by atoms with Crippen molar-refractivity contribution < 1.29 is 13.5 Å². The number of rotatable bonds is 5. The predicted molar refractivity (Wildman–Crippen MR) is 75.8 cm³/mol. The minimum Gasteiger partial charge on any atom is -0.389 e. The third kappa shape index (κ3) is 2.89. The zero-order valence-corrected chi connectivity index (χ0v) is 12.9.